The molecule has 0 fully saturated rings. The van der Waals surface area contributed by atoms with Gasteiger partial charge in [-0.1, -0.05) is 12.1 Å². The van der Waals surface area contributed by atoms with Crippen molar-refractivity contribution in [2.45, 2.75) is 13.1 Å². The van der Waals surface area contributed by atoms with E-state index in [4.69, 9.17) is 5.73 Å². The van der Waals surface area contributed by atoms with Crippen LogP contribution in [-0.2, 0) is 11.0 Å². The molecule has 2 heterocycles. The minimum atomic E-state index is -4.62. The Morgan fingerprint density at radius 2 is 1.71 bits per heavy atom. The molecule has 0 aliphatic carbocycles. The highest BCUT2D eigenvalue weighted by atomic mass is 19.4. The number of aromatic nitrogens is 3. The van der Waals surface area contributed by atoms with E-state index in [1.165, 1.54) is 6.92 Å². The third-order valence-electron chi connectivity index (χ3n) is 4.84. The zero-order valence-corrected chi connectivity index (χ0v) is 17.6. The van der Waals surface area contributed by atoms with Crippen molar-refractivity contribution in [3.05, 3.63) is 60.3 Å². The van der Waals surface area contributed by atoms with Gasteiger partial charge in [0.2, 0.25) is 5.91 Å². The molecule has 0 atom stereocenters. The van der Waals surface area contributed by atoms with Gasteiger partial charge in [-0.3, -0.25) is 9.89 Å². The number of nitrogen functional groups attached to an aromatic ring is 1. The Balaban J connectivity index is 1.53. The van der Waals surface area contributed by atoms with Gasteiger partial charge in [-0.2, -0.15) is 18.3 Å². The van der Waals surface area contributed by atoms with Crippen molar-refractivity contribution in [2.24, 2.45) is 0 Å². The molecule has 3 amide bonds. The number of rotatable bonds is 4. The van der Waals surface area contributed by atoms with Crippen molar-refractivity contribution in [1.82, 2.24) is 15.2 Å². The molecule has 4 rings (SSSR count). The lowest BCUT2D eigenvalue weighted by atomic mass is 10.0. The van der Waals surface area contributed by atoms with Crippen LogP contribution in [0.25, 0.3) is 22.2 Å². The smallest absolute Gasteiger partial charge is 0.383 e. The number of fused-ring (bicyclic) bond motifs is 1. The number of alkyl halides is 3. The first-order valence-electron chi connectivity index (χ1n) is 9.87. The summed E-state index contributed by atoms with van der Waals surface area (Å²) >= 11 is 0. The third kappa shape index (κ3) is 4.75. The highest BCUT2D eigenvalue weighted by molar-refractivity contribution is 6.04. The Kier molecular flexibility index (Phi) is 5.80. The summed E-state index contributed by atoms with van der Waals surface area (Å²) < 4.78 is 39.3. The van der Waals surface area contributed by atoms with E-state index in [0.717, 1.165) is 29.3 Å². The SMILES string of the molecule is CC(=O)Nc1ccc(C(F)(F)F)cc1NC(=O)Nc1ccc(-c2ccnc3n[nH]c(N)c23)cc1. The number of anilines is 4. The van der Waals surface area contributed by atoms with Crippen molar-refractivity contribution in [2.75, 3.05) is 21.7 Å². The van der Waals surface area contributed by atoms with Gasteiger partial charge in [0, 0.05) is 18.8 Å². The molecule has 4 aromatic rings. The molecule has 0 aliphatic heterocycles. The molecule has 174 valence electrons. The number of urea groups is 1. The van der Waals surface area contributed by atoms with E-state index in [9.17, 15) is 22.8 Å². The van der Waals surface area contributed by atoms with Gasteiger partial charge >= 0.3 is 12.2 Å². The molecule has 9 nitrogen and oxygen atoms in total. The van der Waals surface area contributed by atoms with Crippen LogP contribution in [0.1, 0.15) is 12.5 Å². The summed E-state index contributed by atoms with van der Waals surface area (Å²) in [5, 5.41) is 14.7. The molecule has 0 saturated heterocycles. The summed E-state index contributed by atoms with van der Waals surface area (Å²) in [6.45, 7) is 1.21. The van der Waals surface area contributed by atoms with E-state index < -0.39 is 23.7 Å². The average Bonchev–Trinajstić information content (AvgIpc) is 3.15. The first-order valence-corrected chi connectivity index (χ1v) is 9.87. The number of aromatic amines is 1. The predicted octanol–water partition coefficient (Wildman–Crippen LogP) is 4.83. The van der Waals surface area contributed by atoms with Crippen LogP contribution in [0, 0.1) is 0 Å². The topological polar surface area (TPSA) is 138 Å². The normalized spacial score (nSPS) is 11.3. The van der Waals surface area contributed by atoms with Gasteiger partial charge in [0.1, 0.15) is 5.82 Å². The van der Waals surface area contributed by atoms with Gasteiger partial charge in [0.05, 0.1) is 22.3 Å². The van der Waals surface area contributed by atoms with Crippen LogP contribution < -0.4 is 21.7 Å². The molecule has 2 aromatic heterocycles. The minimum absolute atomic E-state index is 0.0328. The molecule has 0 unspecified atom stereocenters. The highest BCUT2D eigenvalue weighted by Gasteiger charge is 2.31. The molecule has 0 radical (unpaired) electrons. The van der Waals surface area contributed by atoms with E-state index >= 15 is 0 Å². The van der Waals surface area contributed by atoms with Crippen molar-refractivity contribution in [3.8, 4) is 11.1 Å². The zero-order valence-electron chi connectivity index (χ0n) is 17.6. The average molecular weight is 469 g/mol. The first kappa shape index (κ1) is 22.6. The standard InChI is InChI=1S/C22H18F3N7O2/c1-11(33)28-16-7-4-13(22(23,24)25)10-17(16)30-21(34)29-14-5-2-12(3-6-14)15-8-9-27-20-18(15)19(26)31-32-20/h2-10H,1H3,(H,28,33)(H2,29,30,34)(H3,26,27,31,32). The lowest BCUT2D eigenvalue weighted by molar-refractivity contribution is -0.137. The predicted molar refractivity (Wildman–Crippen MR) is 122 cm³/mol. The van der Waals surface area contributed by atoms with Crippen LogP contribution in [0.4, 0.5) is 40.8 Å². The van der Waals surface area contributed by atoms with Crippen LogP contribution in [-0.4, -0.2) is 27.1 Å². The maximum Gasteiger partial charge on any atom is 0.416 e. The number of nitrogens with two attached hydrogens (primary N) is 1. The monoisotopic (exact) mass is 469 g/mol. The fourth-order valence-corrected chi connectivity index (χ4v) is 3.35. The molecule has 0 bridgehead atoms. The fourth-order valence-electron chi connectivity index (χ4n) is 3.35. The maximum absolute atomic E-state index is 13.1. The van der Waals surface area contributed by atoms with Gasteiger partial charge in [0.25, 0.3) is 0 Å². The number of halogens is 3. The van der Waals surface area contributed by atoms with Crippen molar-refractivity contribution >= 4 is 45.9 Å². The van der Waals surface area contributed by atoms with Gasteiger partial charge in [-0.05, 0) is 47.5 Å². The molecular formula is C22H18F3N7O2. The maximum atomic E-state index is 13.1. The number of nitrogens with zero attached hydrogens (tertiary/aromatic N) is 2. The molecule has 12 heteroatoms. The van der Waals surface area contributed by atoms with Gasteiger partial charge in [0.15, 0.2) is 5.65 Å². The number of pyridine rings is 1. The quantitative estimate of drug-likeness (QED) is 0.292. The summed E-state index contributed by atoms with van der Waals surface area (Å²) in [4.78, 5) is 28.0. The zero-order chi connectivity index (χ0) is 24.5. The first-order chi connectivity index (χ1) is 16.1. The second-order valence-electron chi connectivity index (χ2n) is 7.29. The van der Waals surface area contributed by atoms with Crippen LogP contribution in [0.5, 0.6) is 0 Å². The number of hydrogen-bond donors (Lipinski definition) is 5. The Morgan fingerprint density at radius 3 is 2.38 bits per heavy atom. The van der Waals surface area contributed by atoms with E-state index in [-0.39, 0.29) is 11.4 Å². The number of carbonyl (C=O) groups is 2. The van der Waals surface area contributed by atoms with Crippen molar-refractivity contribution in [3.63, 3.8) is 0 Å². The molecule has 34 heavy (non-hydrogen) atoms. The second kappa shape index (κ2) is 8.73. The third-order valence-corrected chi connectivity index (χ3v) is 4.84. The van der Waals surface area contributed by atoms with Crippen LogP contribution in [0.2, 0.25) is 0 Å². The van der Waals surface area contributed by atoms with Gasteiger partial charge < -0.3 is 21.7 Å². The number of nitrogens with one attached hydrogen (secondary N) is 4. The summed E-state index contributed by atoms with van der Waals surface area (Å²) in [5.41, 5.74) is 7.24. The molecule has 2 aromatic carbocycles. The Bertz CT molecular complexity index is 1380. The molecule has 0 saturated carbocycles. The Labute approximate surface area is 190 Å². The lowest BCUT2D eigenvalue weighted by Crippen LogP contribution is -2.21. The summed E-state index contributed by atoms with van der Waals surface area (Å²) in [7, 11) is 0. The summed E-state index contributed by atoms with van der Waals surface area (Å²) in [6.07, 6.45) is -3.02. The van der Waals surface area contributed by atoms with Crippen LogP contribution in [0.3, 0.4) is 0 Å². The minimum Gasteiger partial charge on any atom is -0.383 e. The van der Waals surface area contributed by atoms with Gasteiger partial charge in [-0.25, -0.2) is 9.78 Å². The van der Waals surface area contributed by atoms with Crippen LogP contribution >= 0.6 is 0 Å². The molecular weight excluding hydrogens is 451 g/mol. The van der Waals surface area contributed by atoms with E-state index in [2.05, 4.69) is 31.1 Å². The van der Waals surface area contributed by atoms with Crippen LogP contribution in [0.15, 0.2) is 54.7 Å². The van der Waals surface area contributed by atoms with Crippen molar-refractivity contribution in [1.29, 1.82) is 0 Å². The Morgan fingerprint density at radius 1 is 0.971 bits per heavy atom. The molecule has 6 N–H and O–H groups in total. The van der Waals surface area contributed by atoms with E-state index in [1.807, 2.05) is 0 Å². The summed E-state index contributed by atoms with van der Waals surface area (Å²) in [5.74, 6) is -0.127. The number of amides is 3. The fraction of sp³-hybridized carbons (Fsp3) is 0.0909. The lowest BCUT2D eigenvalue weighted by Gasteiger charge is -2.15. The second-order valence-corrected chi connectivity index (χ2v) is 7.29. The molecule has 0 spiro atoms. The van der Waals surface area contributed by atoms with Crippen molar-refractivity contribution < 1.29 is 22.8 Å². The Hall–Kier alpha value is -4.61. The van der Waals surface area contributed by atoms with E-state index in [0.29, 0.717) is 22.5 Å². The number of carbonyl (C=O) groups excluding carboxylic acids is 2. The van der Waals surface area contributed by atoms with E-state index in [1.54, 1.807) is 36.5 Å². The summed E-state index contributed by atoms with van der Waals surface area (Å²) in [6, 6.07) is 10.4. The number of H-pyrrole nitrogens is 1. The number of benzene rings is 2. The molecule has 0 aliphatic rings. The largest absolute Gasteiger partial charge is 0.416 e. The highest BCUT2D eigenvalue weighted by Crippen LogP contribution is 2.34. The van der Waals surface area contributed by atoms with Gasteiger partial charge in [-0.15, -0.1) is 0 Å². The number of hydrogen-bond acceptors (Lipinski definition) is 5.